The Morgan fingerprint density at radius 3 is 2.58 bits per heavy atom. The van der Waals surface area contributed by atoms with Gasteiger partial charge in [-0.25, -0.2) is 4.79 Å². The van der Waals surface area contributed by atoms with Gasteiger partial charge in [0.05, 0.1) is 19.4 Å². The van der Waals surface area contributed by atoms with E-state index in [4.69, 9.17) is 16.3 Å². The van der Waals surface area contributed by atoms with Crippen LogP contribution in [0, 0.1) is 0 Å². The minimum atomic E-state index is -3.77. The largest absolute Gasteiger partial charge is 0.467 e. The molecule has 9 heteroatoms. The Balaban J connectivity index is 2.31. The summed E-state index contributed by atoms with van der Waals surface area (Å²) in [6.45, 7) is 5.80. The van der Waals surface area contributed by atoms with Gasteiger partial charge >= 0.3 is 17.9 Å². The number of ether oxygens (including phenoxy) is 2. The van der Waals surface area contributed by atoms with Crippen molar-refractivity contribution < 1.29 is 23.0 Å². The van der Waals surface area contributed by atoms with E-state index < -0.39 is 17.5 Å². The molecule has 0 aliphatic heterocycles. The molecular weight excluding hydrogens is 428 g/mol. The number of carbonyl (C=O) groups excluding carboxylic acids is 1. The van der Waals surface area contributed by atoms with Gasteiger partial charge in [0.25, 0.3) is 0 Å². The number of anilines is 1. The molecule has 0 saturated heterocycles. The number of carbonyl (C=O) groups is 1. The molecule has 0 aliphatic carbocycles. The number of benzene rings is 1. The summed E-state index contributed by atoms with van der Waals surface area (Å²) < 4.78 is 38.5. The van der Waals surface area contributed by atoms with Crippen molar-refractivity contribution in [3.8, 4) is 17.3 Å². The highest BCUT2D eigenvalue weighted by Gasteiger charge is 2.42. The van der Waals surface area contributed by atoms with Gasteiger partial charge in [0.15, 0.2) is 0 Å². The Morgan fingerprint density at radius 2 is 1.97 bits per heavy atom. The summed E-state index contributed by atoms with van der Waals surface area (Å²) in [4.78, 5) is 20.2. The number of methoxy groups -OCH3 is 1. The van der Waals surface area contributed by atoms with Crippen molar-refractivity contribution in [1.82, 2.24) is 9.97 Å². The van der Waals surface area contributed by atoms with Crippen LogP contribution in [-0.2, 0) is 15.5 Å². The first-order chi connectivity index (χ1) is 14.7. The van der Waals surface area contributed by atoms with E-state index in [1.807, 2.05) is 13.8 Å². The highest BCUT2D eigenvalue weighted by molar-refractivity contribution is 6.29. The third kappa shape index (κ3) is 6.37. The highest BCUT2D eigenvalue weighted by Crippen LogP contribution is 2.33. The molecule has 31 heavy (non-hydrogen) atoms. The van der Waals surface area contributed by atoms with Crippen LogP contribution >= 0.6 is 11.6 Å². The number of alkyl halides is 2. The maximum Gasteiger partial charge on any atom is 0.381 e. The minimum Gasteiger partial charge on any atom is -0.467 e. The molecule has 0 spiro atoms. The standard InChI is InChI=1S/C22H26ClF2N3O3/c1-5-15(14(3)23)10-11-26-19-13-18(27-21(28-19)30-4)16-8-7-9-17(12-16)22(24,25)20(29)31-6-2/h7-9,12-13H,5-6,10-11H2,1-4H3,(H,26,27,28)/b15-14-. The summed E-state index contributed by atoms with van der Waals surface area (Å²) in [7, 11) is 1.42. The fraction of sp³-hybridized carbons (Fsp3) is 0.409. The lowest BCUT2D eigenvalue weighted by atomic mass is 10.0. The predicted molar refractivity (Wildman–Crippen MR) is 116 cm³/mol. The molecule has 2 aromatic rings. The second-order valence-electron chi connectivity index (χ2n) is 6.67. The normalized spacial score (nSPS) is 12.2. The molecule has 0 bridgehead atoms. The monoisotopic (exact) mass is 453 g/mol. The van der Waals surface area contributed by atoms with Crippen LogP contribution in [0.25, 0.3) is 11.3 Å². The number of aromatic nitrogens is 2. The number of nitrogens with zero attached hydrogens (tertiary/aromatic N) is 2. The smallest absolute Gasteiger partial charge is 0.381 e. The summed E-state index contributed by atoms with van der Waals surface area (Å²) in [5.74, 6) is -4.89. The molecule has 1 N–H and O–H groups in total. The van der Waals surface area contributed by atoms with Crippen molar-refractivity contribution in [1.29, 1.82) is 0 Å². The van der Waals surface area contributed by atoms with Crippen molar-refractivity contribution in [2.24, 2.45) is 0 Å². The van der Waals surface area contributed by atoms with Crippen LogP contribution in [0.15, 0.2) is 40.9 Å². The Kier molecular flexibility index (Phi) is 8.74. The highest BCUT2D eigenvalue weighted by atomic mass is 35.5. The molecule has 2 rings (SSSR count). The molecule has 0 radical (unpaired) electrons. The van der Waals surface area contributed by atoms with Crippen molar-refractivity contribution in [3.05, 3.63) is 46.5 Å². The fourth-order valence-electron chi connectivity index (χ4n) is 2.90. The van der Waals surface area contributed by atoms with E-state index in [-0.39, 0.29) is 12.6 Å². The van der Waals surface area contributed by atoms with E-state index in [1.165, 1.54) is 32.2 Å². The van der Waals surface area contributed by atoms with Crippen LogP contribution in [0.4, 0.5) is 14.6 Å². The predicted octanol–water partition coefficient (Wildman–Crippen LogP) is 5.53. The number of allylic oxidation sites excluding steroid dienone is 1. The second kappa shape index (κ2) is 11.0. The third-order valence-corrected chi connectivity index (χ3v) is 4.86. The van der Waals surface area contributed by atoms with Crippen molar-refractivity contribution in [3.63, 3.8) is 0 Å². The van der Waals surface area contributed by atoms with E-state index in [1.54, 1.807) is 12.1 Å². The van der Waals surface area contributed by atoms with Gasteiger partial charge in [0.2, 0.25) is 0 Å². The molecule has 0 amide bonds. The zero-order valence-electron chi connectivity index (χ0n) is 18.0. The van der Waals surface area contributed by atoms with Gasteiger partial charge in [-0.2, -0.15) is 18.7 Å². The first-order valence-electron chi connectivity index (χ1n) is 9.89. The Morgan fingerprint density at radius 1 is 1.23 bits per heavy atom. The number of hydrogen-bond acceptors (Lipinski definition) is 6. The Bertz CT molecular complexity index is 947. The third-order valence-electron chi connectivity index (χ3n) is 4.59. The van der Waals surface area contributed by atoms with Gasteiger partial charge in [-0.1, -0.05) is 42.3 Å². The number of nitrogens with one attached hydrogen (secondary N) is 1. The summed E-state index contributed by atoms with van der Waals surface area (Å²) in [5, 5.41) is 3.95. The molecule has 0 saturated carbocycles. The van der Waals surface area contributed by atoms with Gasteiger partial charge in [0.1, 0.15) is 5.82 Å². The SMILES string of the molecule is CCOC(=O)C(F)(F)c1cccc(-c2cc(NCC/C(CC)=C(/C)Cl)nc(OC)n2)c1. The van der Waals surface area contributed by atoms with Crippen molar-refractivity contribution in [2.45, 2.75) is 39.5 Å². The molecular formula is C22H26ClF2N3O3. The van der Waals surface area contributed by atoms with E-state index >= 15 is 0 Å². The zero-order chi connectivity index (χ0) is 23.0. The molecule has 6 nitrogen and oxygen atoms in total. The van der Waals surface area contributed by atoms with E-state index in [2.05, 4.69) is 20.0 Å². The number of rotatable bonds is 10. The molecule has 0 unspecified atom stereocenters. The molecule has 168 valence electrons. The lowest BCUT2D eigenvalue weighted by Gasteiger charge is -2.16. The van der Waals surface area contributed by atoms with Crippen LogP contribution < -0.4 is 10.1 Å². The van der Waals surface area contributed by atoms with Gasteiger partial charge in [-0.15, -0.1) is 0 Å². The van der Waals surface area contributed by atoms with Crippen LogP contribution in [0.1, 0.15) is 39.2 Å². The summed E-state index contributed by atoms with van der Waals surface area (Å²) in [6, 6.07) is 7.14. The van der Waals surface area contributed by atoms with Gasteiger partial charge in [-0.05, 0) is 32.8 Å². The lowest BCUT2D eigenvalue weighted by Crippen LogP contribution is -2.28. The van der Waals surface area contributed by atoms with E-state index in [9.17, 15) is 13.6 Å². The van der Waals surface area contributed by atoms with Crippen molar-refractivity contribution >= 4 is 23.4 Å². The zero-order valence-corrected chi connectivity index (χ0v) is 18.7. The second-order valence-corrected chi connectivity index (χ2v) is 7.24. The van der Waals surface area contributed by atoms with Gasteiger partial charge < -0.3 is 14.8 Å². The molecule has 1 heterocycles. The molecule has 0 fully saturated rings. The molecule has 1 aromatic heterocycles. The first-order valence-corrected chi connectivity index (χ1v) is 10.3. The molecule has 0 aliphatic rings. The fourth-order valence-corrected chi connectivity index (χ4v) is 3.13. The van der Waals surface area contributed by atoms with Crippen molar-refractivity contribution in [2.75, 3.05) is 25.6 Å². The lowest BCUT2D eigenvalue weighted by molar-refractivity contribution is -0.173. The summed E-state index contributed by atoms with van der Waals surface area (Å²) >= 11 is 6.08. The van der Waals surface area contributed by atoms with E-state index in [0.29, 0.717) is 23.6 Å². The first kappa shape index (κ1) is 24.5. The topological polar surface area (TPSA) is 73.3 Å². The van der Waals surface area contributed by atoms with Gasteiger partial charge in [-0.3, -0.25) is 0 Å². The molecule has 0 atom stereocenters. The number of hydrogen-bond donors (Lipinski definition) is 1. The number of esters is 1. The molecule has 1 aromatic carbocycles. The summed E-state index contributed by atoms with van der Waals surface area (Å²) in [6.07, 6.45) is 1.57. The van der Waals surface area contributed by atoms with Crippen LogP contribution in [-0.4, -0.2) is 36.2 Å². The van der Waals surface area contributed by atoms with E-state index in [0.717, 1.165) is 23.4 Å². The van der Waals surface area contributed by atoms with Crippen LogP contribution in [0.3, 0.4) is 0 Å². The Labute approximate surface area is 185 Å². The Hall–Kier alpha value is -2.74. The quantitative estimate of drug-likeness (QED) is 0.477. The minimum absolute atomic E-state index is 0.0855. The average molecular weight is 454 g/mol. The maximum atomic E-state index is 14.4. The van der Waals surface area contributed by atoms with Gasteiger partial charge in [0, 0.05) is 28.8 Å². The average Bonchev–Trinajstić information content (AvgIpc) is 2.76. The summed E-state index contributed by atoms with van der Waals surface area (Å²) in [5.41, 5.74) is 1.40. The number of halogens is 3. The van der Waals surface area contributed by atoms with Crippen LogP contribution in [0.2, 0.25) is 0 Å². The van der Waals surface area contributed by atoms with Crippen LogP contribution in [0.5, 0.6) is 6.01 Å². The maximum absolute atomic E-state index is 14.4.